The van der Waals surface area contributed by atoms with Crippen LogP contribution in [0.1, 0.15) is 24.4 Å². The van der Waals surface area contributed by atoms with Gasteiger partial charge in [-0.1, -0.05) is 66.8 Å². The lowest BCUT2D eigenvalue weighted by atomic mass is 9.98. The number of nitrogens with zero attached hydrogens (tertiary/aromatic N) is 6. The van der Waals surface area contributed by atoms with Crippen molar-refractivity contribution in [3.05, 3.63) is 63.9 Å². The molecular weight excluding hydrogens is 426 g/mol. The minimum atomic E-state index is -0.305. The quantitative estimate of drug-likeness (QED) is 0.443. The van der Waals surface area contributed by atoms with Crippen LogP contribution in [0.25, 0.3) is 22.5 Å². The maximum Gasteiger partial charge on any atom is 0.274 e. The molecule has 4 aromatic rings. The highest BCUT2D eigenvalue weighted by Crippen LogP contribution is 2.29. The third-order valence-electron chi connectivity index (χ3n) is 4.74. The number of aryl methyl sites for hydroxylation is 1. The number of aromatic nitrogens is 6. The summed E-state index contributed by atoms with van der Waals surface area (Å²) in [6, 6.07) is 16.2. The predicted octanol–water partition coefficient (Wildman–Crippen LogP) is 2.87. The van der Waals surface area contributed by atoms with E-state index in [2.05, 4.69) is 55.0 Å². The number of carbonyl (C=O) groups is 1. The number of hydrogen-bond acceptors (Lipinski definition) is 7. The molecule has 1 N–H and O–H groups in total. The summed E-state index contributed by atoms with van der Waals surface area (Å²) < 4.78 is 6.94. The molecule has 0 fully saturated rings. The predicted molar refractivity (Wildman–Crippen MR) is 121 cm³/mol. The van der Waals surface area contributed by atoms with E-state index in [1.54, 1.807) is 4.68 Å². The smallest absolute Gasteiger partial charge is 0.274 e. The number of rotatable bonds is 8. The Hall–Kier alpha value is -3.50. The summed E-state index contributed by atoms with van der Waals surface area (Å²) in [6.45, 7) is 4.85. The molecule has 2 aromatic heterocycles. The van der Waals surface area contributed by atoms with Crippen LogP contribution in [0.5, 0.6) is 0 Å². The molecule has 2 aromatic carbocycles. The van der Waals surface area contributed by atoms with Crippen molar-refractivity contribution in [1.29, 1.82) is 0 Å². The van der Waals surface area contributed by atoms with Crippen molar-refractivity contribution >= 4 is 17.2 Å². The van der Waals surface area contributed by atoms with Crippen molar-refractivity contribution in [2.75, 3.05) is 13.2 Å². The van der Waals surface area contributed by atoms with Crippen LogP contribution in [0.15, 0.2) is 53.5 Å². The van der Waals surface area contributed by atoms with Crippen molar-refractivity contribution in [3.8, 4) is 22.5 Å². The van der Waals surface area contributed by atoms with Crippen LogP contribution in [-0.4, -0.2) is 49.5 Å². The molecule has 0 spiro atoms. The molecule has 10 heteroatoms. The molecule has 0 radical (unpaired) electrons. The molecule has 0 unspecified atom stereocenters. The van der Waals surface area contributed by atoms with E-state index >= 15 is 0 Å². The Morgan fingerprint density at radius 1 is 1.12 bits per heavy atom. The van der Waals surface area contributed by atoms with Gasteiger partial charge in [-0.3, -0.25) is 4.79 Å². The summed E-state index contributed by atoms with van der Waals surface area (Å²) in [7, 11) is 0. The number of hydrogen-bond donors (Lipinski definition) is 1. The first kappa shape index (κ1) is 21.7. The van der Waals surface area contributed by atoms with E-state index in [4.69, 9.17) is 4.74 Å². The largest absolute Gasteiger partial charge is 0.372 e. The number of amides is 1. The minimum absolute atomic E-state index is 0.0231. The number of H-pyrrole nitrogens is 1. The minimum Gasteiger partial charge on any atom is -0.372 e. The fourth-order valence-corrected chi connectivity index (χ4v) is 4.04. The van der Waals surface area contributed by atoms with Crippen LogP contribution in [-0.2, 0) is 22.5 Å². The average molecular weight is 450 g/mol. The lowest BCUT2D eigenvalue weighted by Crippen LogP contribution is -2.20. The van der Waals surface area contributed by atoms with Gasteiger partial charge in [0.2, 0.25) is 4.80 Å². The monoisotopic (exact) mass is 449 g/mol. The van der Waals surface area contributed by atoms with Crippen molar-refractivity contribution < 1.29 is 9.53 Å². The van der Waals surface area contributed by atoms with Crippen LogP contribution >= 0.6 is 11.3 Å². The van der Waals surface area contributed by atoms with Gasteiger partial charge in [-0.2, -0.15) is 10.1 Å². The molecule has 32 heavy (non-hydrogen) atoms. The van der Waals surface area contributed by atoms with E-state index in [0.717, 1.165) is 33.7 Å². The Morgan fingerprint density at radius 2 is 1.91 bits per heavy atom. The molecule has 0 aliphatic rings. The normalized spacial score (nSPS) is 11.8. The Balaban J connectivity index is 1.59. The number of tetrazole rings is 1. The topological polar surface area (TPSA) is 111 Å². The molecule has 0 aliphatic carbocycles. The second-order valence-electron chi connectivity index (χ2n) is 6.92. The fraction of sp³-hybridized carbons (Fsp3) is 0.273. The Labute approximate surface area is 188 Å². The van der Waals surface area contributed by atoms with Crippen molar-refractivity contribution in [2.24, 2.45) is 4.99 Å². The van der Waals surface area contributed by atoms with Gasteiger partial charge in [-0.05, 0) is 40.5 Å². The molecule has 0 saturated heterocycles. The van der Waals surface area contributed by atoms with Gasteiger partial charge in [0.15, 0.2) is 5.82 Å². The molecule has 1 amide bonds. The number of carbonyl (C=O) groups excluding carboxylic acids is 1. The van der Waals surface area contributed by atoms with Crippen LogP contribution in [0.4, 0.5) is 0 Å². The highest BCUT2D eigenvalue weighted by molar-refractivity contribution is 7.08. The van der Waals surface area contributed by atoms with Gasteiger partial charge in [-0.25, -0.2) is 9.78 Å². The first-order chi connectivity index (χ1) is 15.7. The van der Waals surface area contributed by atoms with Gasteiger partial charge in [0.1, 0.15) is 11.6 Å². The zero-order valence-corrected chi connectivity index (χ0v) is 18.7. The summed E-state index contributed by atoms with van der Waals surface area (Å²) in [5, 5.41) is 19.7. The number of nitrogens with one attached hydrogen (secondary N) is 1. The van der Waals surface area contributed by atoms with Crippen molar-refractivity contribution in [1.82, 2.24) is 30.4 Å². The molecule has 0 saturated carbocycles. The second-order valence-corrected chi connectivity index (χ2v) is 7.97. The first-order valence-corrected chi connectivity index (χ1v) is 11.1. The Morgan fingerprint density at radius 3 is 2.59 bits per heavy atom. The maximum absolute atomic E-state index is 12.1. The molecule has 164 valence electrons. The van der Waals surface area contributed by atoms with Crippen LogP contribution in [0.2, 0.25) is 0 Å². The van der Waals surface area contributed by atoms with Gasteiger partial charge >= 0.3 is 0 Å². The van der Waals surface area contributed by atoms with Gasteiger partial charge in [0.05, 0.1) is 6.54 Å². The molecule has 0 atom stereocenters. The summed E-state index contributed by atoms with van der Waals surface area (Å²) in [6.07, 6.45) is 0.784. The fourth-order valence-electron chi connectivity index (χ4n) is 3.19. The van der Waals surface area contributed by atoms with Gasteiger partial charge in [0.25, 0.3) is 5.91 Å². The van der Waals surface area contributed by atoms with E-state index in [1.165, 1.54) is 11.3 Å². The molecule has 0 bridgehead atoms. The molecule has 0 aliphatic heterocycles. The third kappa shape index (κ3) is 5.04. The SMILES string of the molecule is CCOCC(=O)N=c1sc(CC)nn1Cc1ccc(-c2ccccc2-c2nnn[nH]2)cc1. The zero-order valence-electron chi connectivity index (χ0n) is 17.9. The number of benzene rings is 2. The summed E-state index contributed by atoms with van der Waals surface area (Å²) in [5.41, 5.74) is 4.07. The van der Waals surface area contributed by atoms with E-state index < -0.39 is 0 Å². The molecule has 2 heterocycles. The van der Waals surface area contributed by atoms with Gasteiger partial charge in [-0.15, -0.1) is 5.10 Å². The Bertz CT molecular complexity index is 1240. The highest BCUT2D eigenvalue weighted by atomic mass is 32.1. The van der Waals surface area contributed by atoms with Crippen molar-refractivity contribution in [2.45, 2.75) is 26.8 Å². The lowest BCUT2D eigenvalue weighted by molar-refractivity contribution is -0.122. The third-order valence-corrected chi connectivity index (χ3v) is 5.83. The van der Waals surface area contributed by atoms with Gasteiger partial charge < -0.3 is 4.74 Å². The average Bonchev–Trinajstić information content (AvgIpc) is 3.49. The van der Waals surface area contributed by atoms with Crippen LogP contribution in [0.3, 0.4) is 0 Å². The maximum atomic E-state index is 12.1. The second kappa shape index (κ2) is 10.2. The van der Waals surface area contributed by atoms with Crippen molar-refractivity contribution in [3.63, 3.8) is 0 Å². The van der Waals surface area contributed by atoms with Gasteiger partial charge in [0, 0.05) is 12.2 Å². The number of aromatic amines is 1. The van der Waals surface area contributed by atoms with Crippen LogP contribution in [0, 0.1) is 0 Å². The Kier molecular flexibility index (Phi) is 6.93. The molecule has 9 nitrogen and oxygen atoms in total. The summed E-state index contributed by atoms with van der Waals surface area (Å²) in [5.74, 6) is 0.318. The summed E-state index contributed by atoms with van der Waals surface area (Å²) >= 11 is 1.43. The highest BCUT2D eigenvalue weighted by Gasteiger charge is 2.11. The van der Waals surface area contributed by atoms with E-state index in [9.17, 15) is 4.79 Å². The number of ether oxygens (including phenoxy) is 1. The van der Waals surface area contributed by atoms with E-state index in [0.29, 0.717) is 23.8 Å². The van der Waals surface area contributed by atoms with E-state index in [1.807, 2.05) is 38.1 Å². The van der Waals surface area contributed by atoms with E-state index in [-0.39, 0.29) is 12.5 Å². The lowest BCUT2D eigenvalue weighted by Gasteiger charge is -2.08. The summed E-state index contributed by atoms with van der Waals surface area (Å²) in [4.78, 5) is 16.8. The molecule has 4 rings (SSSR count). The molecular formula is C22H23N7O2S. The van der Waals surface area contributed by atoms with Crippen LogP contribution < -0.4 is 4.80 Å². The standard InChI is InChI=1S/C22H23N7O2S/c1-3-20-26-29(22(32-20)23-19(30)14-31-4-2)13-15-9-11-16(12-10-15)17-7-5-6-8-18(17)21-24-27-28-25-21/h5-12H,3-4,13-14H2,1-2H3,(H,24,25,27,28). The zero-order chi connectivity index (χ0) is 22.3. The first-order valence-electron chi connectivity index (χ1n) is 10.3.